The maximum absolute atomic E-state index is 13.3. The smallest absolute Gasteiger partial charge is 0.308 e. The van der Waals surface area contributed by atoms with E-state index < -0.39 is 11.9 Å². The minimum absolute atomic E-state index is 0.0843. The van der Waals surface area contributed by atoms with Crippen LogP contribution in [-0.2, 0) is 16.0 Å². The molecule has 2 aromatic carbocycles. The van der Waals surface area contributed by atoms with Crippen molar-refractivity contribution < 1.29 is 19.1 Å². The fourth-order valence-corrected chi connectivity index (χ4v) is 3.69. The van der Waals surface area contributed by atoms with Crippen LogP contribution in [0.5, 0.6) is 0 Å². The van der Waals surface area contributed by atoms with E-state index in [0.717, 1.165) is 11.1 Å². The van der Waals surface area contributed by atoms with Gasteiger partial charge in [-0.05, 0) is 29.7 Å². The fraction of sp³-hybridized carbons (Fsp3) is 0.333. The molecule has 1 unspecified atom stereocenters. The molecular weight excluding hydrogens is 333 g/mol. The van der Waals surface area contributed by atoms with Crippen LogP contribution in [0.15, 0.2) is 54.6 Å². The van der Waals surface area contributed by atoms with Gasteiger partial charge >= 0.3 is 5.97 Å². The molecule has 3 rings (SSSR count). The molecule has 0 bridgehead atoms. The van der Waals surface area contributed by atoms with E-state index in [9.17, 15) is 19.1 Å². The van der Waals surface area contributed by atoms with Gasteiger partial charge in [0.1, 0.15) is 5.82 Å². The summed E-state index contributed by atoms with van der Waals surface area (Å²) in [4.78, 5) is 26.1. The lowest BCUT2D eigenvalue weighted by Gasteiger charge is -2.21. The first-order valence-corrected chi connectivity index (χ1v) is 8.76. The zero-order valence-corrected chi connectivity index (χ0v) is 14.6. The number of carbonyl (C=O) groups excluding carboxylic acids is 1. The normalized spacial score (nSPS) is 20.8. The van der Waals surface area contributed by atoms with Crippen molar-refractivity contribution in [2.75, 3.05) is 13.1 Å². The Morgan fingerprint density at radius 3 is 2.54 bits per heavy atom. The Balaban J connectivity index is 1.72. The van der Waals surface area contributed by atoms with E-state index in [4.69, 9.17) is 0 Å². The van der Waals surface area contributed by atoms with Crippen LogP contribution in [-0.4, -0.2) is 35.0 Å². The van der Waals surface area contributed by atoms with E-state index in [2.05, 4.69) is 0 Å². The van der Waals surface area contributed by atoms with Crippen LogP contribution < -0.4 is 0 Å². The van der Waals surface area contributed by atoms with Gasteiger partial charge in [-0.25, -0.2) is 4.39 Å². The molecule has 0 saturated carbocycles. The number of amides is 1. The standard InChI is InChI=1S/C21H22FNO3/c1-14(10-15-6-5-9-17(22)11-15)20(24)23-12-18(19(13-23)21(25)26)16-7-3-2-4-8-16/h2-9,11,14,18-19H,10,12-13H2,1H3,(H,25,26)/t14?,18-,19-/m0/s1. The highest BCUT2D eigenvalue weighted by Crippen LogP contribution is 2.33. The van der Waals surface area contributed by atoms with Crippen molar-refractivity contribution in [1.29, 1.82) is 0 Å². The Kier molecular flexibility index (Phi) is 5.35. The summed E-state index contributed by atoms with van der Waals surface area (Å²) in [6.45, 7) is 2.41. The van der Waals surface area contributed by atoms with E-state index >= 15 is 0 Å². The summed E-state index contributed by atoms with van der Waals surface area (Å²) in [5, 5.41) is 9.57. The van der Waals surface area contributed by atoms with E-state index in [0.29, 0.717) is 13.0 Å². The summed E-state index contributed by atoms with van der Waals surface area (Å²) in [6, 6.07) is 15.7. The topological polar surface area (TPSA) is 57.6 Å². The number of aliphatic carboxylic acids is 1. The van der Waals surface area contributed by atoms with Crippen molar-refractivity contribution in [3.05, 3.63) is 71.5 Å². The van der Waals surface area contributed by atoms with Gasteiger partial charge in [-0.2, -0.15) is 0 Å². The average Bonchev–Trinajstić information content (AvgIpc) is 3.07. The number of nitrogens with zero attached hydrogens (tertiary/aromatic N) is 1. The number of carboxylic acid groups (broad SMARTS) is 1. The molecule has 5 heteroatoms. The third-order valence-corrected chi connectivity index (χ3v) is 5.03. The molecule has 1 amide bonds. The van der Waals surface area contributed by atoms with Gasteiger partial charge in [-0.15, -0.1) is 0 Å². The van der Waals surface area contributed by atoms with Crippen LogP contribution in [0, 0.1) is 17.7 Å². The first-order valence-electron chi connectivity index (χ1n) is 8.76. The second-order valence-electron chi connectivity index (χ2n) is 6.94. The quantitative estimate of drug-likeness (QED) is 0.895. The molecule has 1 aliphatic rings. The van der Waals surface area contributed by atoms with Gasteiger partial charge in [-0.3, -0.25) is 9.59 Å². The molecular formula is C21H22FNO3. The Morgan fingerprint density at radius 2 is 1.88 bits per heavy atom. The maximum Gasteiger partial charge on any atom is 0.308 e. The van der Waals surface area contributed by atoms with Crippen LogP contribution >= 0.6 is 0 Å². The molecule has 1 aliphatic heterocycles. The number of hydrogen-bond donors (Lipinski definition) is 1. The molecule has 4 nitrogen and oxygen atoms in total. The second kappa shape index (κ2) is 7.68. The molecule has 0 radical (unpaired) electrons. The van der Waals surface area contributed by atoms with E-state index in [1.807, 2.05) is 30.3 Å². The van der Waals surface area contributed by atoms with E-state index in [-0.39, 0.29) is 30.1 Å². The van der Waals surface area contributed by atoms with Gasteiger partial charge in [0.2, 0.25) is 5.91 Å². The van der Waals surface area contributed by atoms with Crippen molar-refractivity contribution in [3.8, 4) is 0 Å². The zero-order chi connectivity index (χ0) is 18.7. The first-order chi connectivity index (χ1) is 12.5. The highest BCUT2D eigenvalue weighted by Gasteiger charge is 2.41. The van der Waals surface area contributed by atoms with Gasteiger partial charge in [-0.1, -0.05) is 49.4 Å². The Morgan fingerprint density at radius 1 is 1.15 bits per heavy atom. The van der Waals surface area contributed by atoms with Crippen LogP contribution in [0.1, 0.15) is 24.0 Å². The van der Waals surface area contributed by atoms with E-state index in [1.165, 1.54) is 12.1 Å². The molecule has 136 valence electrons. The lowest BCUT2D eigenvalue weighted by molar-refractivity contribution is -0.142. The molecule has 0 spiro atoms. The predicted octanol–water partition coefficient (Wildman–Crippen LogP) is 3.33. The molecule has 1 N–H and O–H groups in total. The summed E-state index contributed by atoms with van der Waals surface area (Å²) < 4.78 is 13.3. The minimum Gasteiger partial charge on any atom is -0.481 e. The lowest BCUT2D eigenvalue weighted by atomic mass is 9.89. The molecule has 1 fully saturated rings. The second-order valence-corrected chi connectivity index (χ2v) is 6.94. The fourth-order valence-electron chi connectivity index (χ4n) is 3.69. The van der Waals surface area contributed by atoms with Gasteiger partial charge in [0.15, 0.2) is 0 Å². The van der Waals surface area contributed by atoms with Crippen molar-refractivity contribution in [2.24, 2.45) is 11.8 Å². The van der Waals surface area contributed by atoms with Crippen molar-refractivity contribution >= 4 is 11.9 Å². The molecule has 26 heavy (non-hydrogen) atoms. The number of benzene rings is 2. The SMILES string of the molecule is CC(Cc1cccc(F)c1)C(=O)N1C[C@H](C(=O)O)[C@H](c2ccccc2)C1. The van der Waals surface area contributed by atoms with Crippen LogP contribution in [0.4, 0.5) is 4.39 Å². The van der Waals surface area contributed by atoms with Crippen molar-refractivity contribution in [1.82, 2.24) is 4.90 Å². The van der Waals surface area contributed by atoms with E-state index in [1.54, 1.807) is 24.0 Å². The van der Waals surface area contributed by atoms with Gasteiger partial charge < -0.3 is 10.0 Å². The molecule has 1 saturated heterocycles. The highest BCUT2D eigenvalue weighted by atomic mass is 19.1. The highest BCUT2D eigenvalue weighted by molar-refractivity contribution is 5.81. The number of halogens is 1. The van der Waals surface area contributed by atoms with Crippen LogP contribution in [0.25, 0.3) is 0 Å². The molecule has 1 heterocycles. The monoisotopic (exact) mass is 355 g/mol. The summed E-state index contributed by atoms with van der Waals surface area (Å²) >= 11 is 0. The summed E-state index contributed by atoms with van der Waals surface area (Å²) in [7, 11) is 0. The summed E-state index contributed by atoms with van der Waals surface area (Å²) in [5.74, 6) is -2.44. The van der Waals surface area contributed by atoms with Gasteiger partial charge in [0.25, 0.3) is 0 Å². The average molecular weight is 355 g/mol. The number of carbonyl (C=O) groups is 2. The number of rotatable bonds is 5. The lowest BCUT2D eigenvalue weighted by Crippen LogP contribution is -2.35. The summed E-state index contributed by atoms with van der Waals surface area (Å²) in [6.07, 6.45) is 0.431. The Bertz CT molecular complexity index is 793. The Hall–Kier alpha value is -2.69. The third kappa shape index (κ3) is 3.93. The van der Waals surface area contributed by atoms with Crippen LogP contribution in [0.3, 0.4) is 0 Å². The first kappa shape index (κ1) is 18.1. The van der Waals surface area contributed by atoms with Crippen molar-refractivity contribution in [2.45, 2.75) is 19.3 Å². The van der Waals surface area contributed by atoms with Crippen LogP contribution in [0.2, 0.25) is 0 Å². The molecule has 3 atom stereocenters. The molecule has 0 aliphatic carbocycles. The third-order valence-electron chi connectivity index (χ3n) is 5.03. The van der Waals surface area contributed by atoms with Crippen molar-refractivity contribution in [3.63, 3.8) is 0 Å². The minimum atomic E-state index is -0.882. The molecule has 0 aromatic heterocycles. The predicted molar refractivity (Wildman–Crippen MR) is 96.2 cm³/mol. The zero-order valence-electron chi connectivity index (χ0n) is 14.6. The number of carboxylic acids is 1. The Labute approximate surface area is 152 Å². The largest absolute Gasteiger partial charge is 0.481 e. The van der Waals surface area contributed by atoms with Gasteiger partial charge in [0.05, 0.1) is 5.92 Å². The number of hydrogen-bond acceptors (Lipinski definition) is 2. The number of likely N-dealkylation sites (tertiary alicyclic amines) is 1. The summed E-state index contributed by atoms with van der Waals surface area (Å²) in [5.41, 5.74) is 1.70. The maximum atomic E-state index is 13.3. The molecule has 2 aromatic rings. The van der Waals surface area contributed by atoms with Gasteiger partial charge in [0, 0.05) is 24.9 Å².